The quantitative estimate of drug-likeness (QED) is 0.544. The van der Waals surface area contributed by atoms with Gasteiger partial charge in [-0.3, -0.25) is 5.43 Å². The zero-order valence-electron chi connectivity index (χ0n) is 5.79. The van der Waals surface area contributed by atoms with Crippen molar-refractivity contribution in [2.75, 3.05) is 13.2 Å². The van der Waals surface area contributed by atoms with Crippen molar-refractivity contribution < 1.29 is 9.94 Å². The van der Waals surface area contributed by atoms with E-state index >= 15 is 0 Å². The number of aliphatic hydroxyl groups is 1. The summed E-state index contributed by atoms with van der Waals surface area (Å²) >= 11 is 0. The first kappa shape index (κ1) is 7.37. The van der Waals surface area contributed by atoms with E-state index in [1.807, 2.05) is 0 Å². The van der Waals surface area contributed by atoms with Crippen LogP contribution in [-0.4, -0.2) is 23.4 Å². The van der Waals surface area contributed by atoms with Crippen molar-refractivity contribution in [1.29, 1.82) is 0 Å². The lowest BCUT2D eigenvalue weighted by Gasteiger charge is -2.12. The molecule has 0 amide bonds. The maximum Gasteiger partial charge on any atom is 0.131 e. The summed E-state index contributed by atoms with van der Waals surface area (Å²) in [5.41, 5.74) is 2.86. The molecule has 0 aliphatic carbocycles. The summed E-state index contributed by atoms with van der Waals surface area (Å²) in [5.74, 6) is 0. The van der Waals surface area contributed by atoms with Crippen molar-refractivity contribution in [3.05, 3.63) is 12.5 Å². The van der Waals surface area contributed by atoms with E-state index < -0.39 is 0 Å². The standard InChI is InChI=1S/C6H12N2O2/c9-5-2-1-4-8-7-3-6-10-8/h3,6-7,9H,1-2,4-5H2. The zero-order valence-corrected chi connectivity index (χ0v) is 5.79. The van der Waals surface area contributed by atoms with Crippen LogP contribution in [0.3, 0.4) is 0 Å². The molecule has 2 N–H and O–H groups in total. The highest BCUT2D eigenvalue weighted by Crippen LogP contribution is 1.97. The molecule has 1 aliphatic rings. The lowest BCUT2D eigenvalue weighted by atomic mass is 10.3. The largest absolute Gasteiger partial charge is 0.396 e. The Morgan fingerprint density at radius 1 is 1.50 bits per heavy atom. The molecule has 1 rings (SSSR count). The molecule has 1 heterocycles. The van der Waals surface area contributed by atoms with Crippen molar-refractivity contribution in [2.24, 2.45) is 0 Å². The van der Waals surface area contributed by atoms with Crippen LogP contribution in [0.5, 0.6) is 0 Å². The second kappa shape index (κ2) is 4.14. The van der Waals surface area contributed by atoms with Crippen LogP contribution in [0.4, 0.5) is 0 Å². The van der Waals surface area contributed by atoms with Gasteiger partial charge >= 0.3 is 0 Å². The highest BCUT2D eigenvalue weighted by atomic mass is 16.7. The van der Waals surface area contributed by atoms with Crippen molar-refractivity contribution >= 4 is 0 Å². The van der Waals surface area contributed by atoms with Gasteiger partial charge in [-0.1, -0.05) is 5.17 Å². The molecule has 0 fully saturated rings. The number of nitrogens with one attached hydrogen (secondary N) is 1. The fourth-order valence-corrected chi connectivity index (χ4v) is 0.732. The molecule has 0 atom stereocenters. The summed E-state index contributed by atoms with van der Waals surface area (Å²) in [6.07, 6.45) is 5.06. The normalized spacial score (nSPS) is 16.9. The average molecular weight is 144 g/mol. The monoisotopic (exact) mass is 144 g/mol. The average Bonchev–Trinajstić information content (AvgIpc) is 2.41. The van der Waals surface area contributed by atoms with E-state index in [0.29, 0.717) is 0 Å². The molecule has 0 spiro atoms. The fraction of sp³-hybridized carbons (Fsp3) is 0.667. The lowest BCUT2D eigenvalue weighted by molar-refractivity contribution is -0.114. The maximum atomic E-state index is 8.44. The highest BCUT2D eigenvalue weighted by molar-refractivity contribution is 4.72. The van der Waals surface area contributed by atoms with Crippen LogP contribution in [0.1, 0.15) is 12.8 Å². The summed E-state index contributed by atoms with van der Waals surface area (Å²) in [7, 11) is 0. The first-order valence-corrected chi connectivity index (χ1v) is 3.40. The Hall–Kier alpha value is -0.740. The van der Waals surface area contributed by atoms with Crippen LogP contribution in [0, 0.1) is 0 Å². The Balaban J connectivity index is 1.93. The van der Waals surface area contributed by atoms with Crippen LogP contribution in [0.25, 0.3) is 0 Å². The SMILES string of the molecule is OCCCCN1NC=CO1. The van der Waals surface area contributed by atoms with E-state index in [9.17, 15) is 0 Å². The van der Waals surface area contributed by atoms with E-state index in [0.717, 1.165) is 19.4 Å². The summed E-state index contributed by atoms with van der Waals surface area (Å²) in [5, 5.41) is 10.1. The van der Waals surface area contributed by atoms with E-state index in [1.54, 1.807) is 17.6 Å². The lowest BCUT2D eigenvalue weighted by Crippen LogP contribution is -2.29. The minimum atomic E-state index is 0.251. The molecule has 0 aromatic rings. The molecule has 10 heavy (non-hydrogen) atoms. The molecular weight excluding hydrogens is 132 g/mol. The molecular formula is C6H12N2O2. The number of nitrogens with zero attached hydrogens (tertiary/aromatic N) is 1. The van der Waals surface area contributed by atoms with Gasteiger partial charge in [0.2, 0.25) is 0 Å². The van der Waals surface area contributed by atoms with Gasteiger partial charge in [0, 0.05) is 6.61 Å². The predicted molar refractivity (Wildman–Crippen MR) is 36.4 cm³/mol. The molecule has 58 valence electrons. The van der Waals surface area contributed by atoms with Gasteiger partial charge in [-0.2, -0.15) is 0 Å². The number of hydroxylamine groups is 1. The third-order valence-electron chi connectivity index (χ3n) is 1.24. The van der Waals surface area contributed by atoms with Gasteiger partial charge in [0.25, 0.3) is 0 Å². The highest BCUT2D eigenvalue weighted by Gasteiger charge is 2.04. The zero-order chi connectivity index (χ0) is 7.23. The van der Waals surface area contributed by atoms with Crippen LogP contribution in [-0.2, 0) is 4.84 Å². The van der Waals surface area contributed by atoms with Crippen molar-refractivity contribution in [3.8, 4) is 0 Å². The maximum absolute atomic E-state index is 8.44. The van der Waals surface area contributed by atoms with Gasteiger partial charge in [0.1, 0.15) is 6.26 Å². The van der Waals surface area contributed by atoms with Crippen LogP contribution < -0.4 is 5.43 Å². The second-order valence-electron chi connectivity index (χ2n) is 2.07. The van der Waals surface area contributed by atoms with E-state index in [-0.39, 0.29) is 6.61 Å². The Bertz CT molecular complexity index is 108. The number of unbranched alkanes of at least 4 members (excludes halogenated alkanes) is 1. The minimum Gasteiger partial charge on any atom is -0.396 e. The van der Waals surface area contributed by atoms with Crippen molar-refractivity contribution in [2.45, 2.75) is 12.8 Å². The molecule has 4 nitrogen and oxygen atoms in total. The summed E-state index contributed by atoms with van der Waals surface area (Å²) in [6.45, 7) is 1.05. The van der Waals surface area contributed by atoms with Gasteiger partial charge in [-0.05, 0) is 12.8 Å². The molecule has 0 saturated heterocycles. The molecule has 0 aromatic carbocycles. The van der Waals surface area contributed by atoms with Gasteiger partial charge in [-0.25, -0.2) is 0 Å². The number of hydrazine groups is 1. The van der Waals surface area contributed by atoms with E-state index in [4.69, 9.17) is 9.94 Å². The number of aliphatic hydroxyl groups excluding tert-OH is 1. The molecule has 4 heteroatoms. The topological polar surface area (TPSA) is 44.7 Å². The van der Waals surface area contributed by atoms with Crippen molar-refractivity contribution in [3.63, 3.8) is 0 Å². The van der Waals surface area contributed by atoms with Gasteiger partial charge in [0.15, 0.2) is 0 Å². The molecule has 0 unspecified atom stereocenters. The first-order chi connectivity index (χ1) is 4.93. The third kappa shape index (κ3) is 2.24. The Morgan fingerprint density at radius 3 is 3.00 bits per heavy atom. The van der Waals surface area contributed by atoms with Crippen molar-refractivity contribution in [1.82, 2.24) is 10.6 Å². The smallest absolute Gasteiger partial charge is 0.131 e. The summed E-state index contributed by atoms with van der Waals surface area (Å²) in [6, 6.07) is 0. The summed E-state index contributed by atoms with van der Waals surface area (Å²) < 4.78 is 0. The van der Waals surface area contributed by atoms with E-state index in [1.165, 1.54) is 0 Å². The number of hydrogen-bond acceptors (Lipinski definition) is 4. The molecule has 0 aromatic heterocycles. The Morgan fingerprint density at radius 2 is 2.40 bits per heavy atom. The second-order valence-corrected chi connectivity index (χ2v) is 2.07. The Labute approximate surface area is 60.0 Å². The fourth-order valence-electron chi connectivity index (χ4n) is 0.732. The van der Waals surface area contributed by atoms with E-state index in [2.05, 4.69) is 5.43 Å². The van der Waals surface area contributed by atoms with Gasteiger partial charge in [0.05, 0.1) is 12.7 Å². The summed E-state index contributed by atoms with van der Waals surface area (Å²) in [4.78, 5) is 4.96. The van der Waals surface area contributed by atoms with Crippen LogP contribution in [0.2, 0.25) is 0 Å². The minimum absolute atomic E-state index is 0.251. The van der Waals surface area contributed by atoms with Gasteiger partial charge in [-0.15, -0.1) is 0 Å². The van der Waals surface area contributed by atoms with Crippen LogP contribution in [0.15, 0.2) is 12.5 Å². The van der Waals surface area contributed by atoms with Crippen LogP contribution >= 0.6 is 0 Å². The predicted octanol–water partition coefficient (Wildman–Crippen LogP) is -0.0181. The number of hydrogen-bond donors (Lipinski definition) is 2. The third-order valence-corrected chi connectivity index (χ3v) is 1.24. The molecule has 0 radical (unpaired) electrons. The number of rotatable bonds is 4. The molecule has 1 aliphatic heterocycles. The van der Waals surface area contributed by atoms with Gasteiger partial charge < -0.3 is 9.94 Å². The first-order valence-electron chi connectivity index (χ1n) is 3.40. The molecule has 0 saturated carbocycles. The Kier molecular flexibility index (Phi) is 3.05. The molecule has 0 bridgehead atoms.